The van der Waals surface area contributed by atoms with Crippen LogP contribution in [-0.2, 0) is 6.42 Å². The minimum Gasteiger partial charge on any atom is -0.493 e. The Balaban J connectivity index is 2.15. The molecule has 0 unspecified atom stereocenters. The molecule has 18 heavy (non-hydrogen) atoms. The Bertz CT molecular complexity index is 403. The first-order chi connectivity index (χ1) is 8.74. The van der Waals surface area contributed by atoms with E-state index in [9.17, 15) is 0 Å². The van der Waals surface area contributed by atoms with Crippen LogP contribution in [0.25, 0.3) is 0 Å². The number of benzene rings is 1. The highest BCUT2D eigenvalue weighted by molar-refractivity contribution is 9.10. The Morgan fingerprint density at radius 1 is 1.22 bits per heavy atom. The van der Waals surface area contributed by atoms with E-state index in [2.05, 4.69) is 33.4 Å². The van der Waals surface area contributed by atoms with E-state index >= 15 is 0 Å². The number of halogens is 1. The third kappa shape index (κ3) is 3.18. The Labute approximate surface area is 117 Å². The minimum atomic E-state index is 0.770. The quantitative estimate of drug-likeness (QED) is 0.927. The zero-order chi connectivity index (χ0) is 13.0. The second-order valence-corrected chi connectivity index (χ2v) is 5.56. The van der Waals surface area contributed by atoms with Crippen molar-refractivity contribution in [1.29, 1.82) is 0 Å². The third-order valence-corrected chi connectivity index (χ3v) is 4.07. The van der Waals surface area contributed by atoms with Crippen LogP contribution in [0.2, 0.25) is 0 Å². The first-order valence-corrected chi connectivity index (χ1v) is 7.15. The van der Waals surface area contributed by atoms with Crippen LogP contribution in [0.15, 0.2) is 16.6 Å². The molecule has 1 fully saturated rings. The Morgan fingerprint density at radius 2 is 1.94 bits per heavy atom. The van der Waals surface area contributed by atoms with Gasteiger partial charge >= 0.3 is 0 Å². The van der Waals surface area contributed by atoms with Gasteiger partial charge in [-0.25, -0.2) is 0 Å². The third-order valence-electron chi connectivity index (χ3n) is 3.48. The largest absolute Gasteiger partial charge is 0.493 e. The first-order valence-electron chi connectivity index (χ1n) is 6.35. The van der Waals surface area contributed by atoms with E-state index in [0.717, 1.165) is 41.4 Å². The SMILES string of the molecule is COc1cc(CC2CCNCC2)cc(Br)c1OC. The molecule has 1 aliphatic heterocycles. The maximum absolute atomic E-state index is 5.38. The van der Waals surface area contributed by atoms with E-state index in [1.54, 1.807) is 14.2 Å². The second kappa shape index (κ2) is 6.43. The van der Waals surface area contributed by atoms with Gasteiger partial charge in [0.25, 0.3) is 0 Å². The average molecular weight is 314 g/mol. The summed E-state index contributed by atoms with van der Waals surface area (Å²) in [5.74, 6) is 2.35. The highest BCUT2D eigenvalue weighted by atomic mass is 79.9. The topological polar surface area (TPSA) is 30.5 Å². The van der Waals surface area contributed by atoms with Crippen LogP contribution < -0.4 is 14.8 Å². The number of ether oxygens (including phenoxy) is 2. The van der Waals surface area contributed by atoms with Crippen LogP contribution in [0.4, 0.5) is 0 Å². The van der Waals surface area contributed by atoms with Gasteiger partial charge in [-0.3, -0.25) is 0 Å². The molecule has 0 aliphatic carbocycles. The van der Waals surface area contributed by atoms with Gasteiger partial charge in [0.05, 0.1) is 18.7 Å². The predicted molar refractivity (Wildman–Crippen MR) is 76.5 cm³/mol. The molecule has 4 heteroatoms. The number of nitrogens with one attached hydrogen (secondary N) is 1. The normalized spacial score (nSPS) is 16.6. The van der Waals surface area contributed by atoms with E-state index in [4.69, 9.17) is 9.47 Å². The summed E-state index contributed by atoms with van der Waals surface area (Å²) < 4.78 is 11.7. The molecule has 0 radical (unpaired) electrons. The minimum absolute atomic E-state index is 0.770. The molecule has 0 spiro atoms. The number of hydrogen-bond donors (Lipinski definition) is 1. The molecule has 3 nitrogen and oxygen atoms in total. The fourth-order valence-electron chi connectivity index (χ4n) is 2.51. The van der Waals surface area contributed by atoms with Gasteiger partial charge in [0, 0.05) is 0 Å². The summed E-state index contributed by atoms with van der Waals surface area (Å²) in [5.41, 5.74) is 1.31. The van der Waals surface area contributed by atoms with Crippen LogP contribution in [0.3, 0.4) is 0 Å². The fraction of sp³-hybridized carbons (Fsp3) is 0.571. The molecule has 1 N–H and O–H groups in total. The molecule has 100 valence electrons. The molecule has 2 rings (SSSR count). The Morgan fingerprint density at radius 3 is 2.56 bits per heavy atom. The van der Waals surface area contributed by atoms with Crippen molar-refractivity contribution in [3.63, 3.8) is 0 Å². The smallest absolute Gasteiger partial charge is 0.174 e. The standard InChI is InChI=1S/C14H20BrNO2/c1-17-13-9-11(8-12(15)14(13)18-2)7-10-3-5-16-6-4-10/h8-10,16H,3-7H2,1-2H3. The first kappa shape index (κ1) is 13.7. The number of rotatable bonds is 4. The van der Waals surface area contributed by atoms with E-state index < -0.39 is 0 Å². The molecule has 1 saturated heterocycles. The second-order valence-electron chi connectivity index (χ2n) is 4.71. The highest BCUT2D eigenvalue weighted by Gasteiger charge is 2.16. The van der Waals surface area contributed by atoms with Crippen molar-refractivity contribution in [3.05, 3.63) is 22.2 Å². The predicted octanol–water partition coefficient (Wildman–Crippen LogP) is 3.01. The Kier molecular flexibility index (Phi) is 4.89. The molecular weight excluding hydrogens is 294 g/mol. The van der Waals surface area contributed by atoms with Crippen molar-refractivity contribution in [2.75, 3.05) is 27.3 Å². The van der Waals surface area contributed by atoms with Gasteiger partial charge in [-0.15, -0.1) is 0 Å². The number of piperidine rings is 1. The summed E-state index contributed by atoms with van der Waals surface area (Å²) in [6.45, 7) is 2.28. The van der Waals surface area contributed by atoms with Crippen LogP contribution in [0.1, 0.15) is 18.4 Å². The zero-order valence-corrected chi connectivity index (χ0v) is 12.5. The van der Waals surface area contributed by atoms with Crippen molar-refractivity contribution < 1.29 is 9.47 Å². The summed E-state index contributed by atoms with van der Waals surface area (Å²) in [6.07, 6.45) is 3.62. The number of methoxy groups -OCH3 is 2. The van der Waals surface area contributed by atoms with Gasteiger partial charge in [-0.1, -0.05) is 0 Å². The van der Waals surface area contributed by atoms with Gasteiger partial charge in [0.2, 0.25) is 0 Å². The summed E-state index contributed by atoms with van der Waals surface area (Å²) in [5, 5.41) is 3.40. The molecule has 0 amide bonds. The van der Waals surface area contributed by atoms with E-state index in [1.807, 2.05) is 0 Å². The molecule has 1 aromatic carbocycles. The van der Waals surface area contributed by atoms with Gasteiger partial charge in [0.15, 0.2) is 11.5 Å². The van der Waals surface area contributed by atoms with Gasteiger partial charge in [0.1, 0.15) is 0 Å². The Hall–Kier alpha value is -0.740. The van der Waals surface area contributed by atoms with Crippen molar-refractivity contribution in [2.24, 2.45) is 5.92 Å². The monoisotopic (exact) mass is 313 g/mol. The van der Waals surface area contributed by atoms with Crippen molar-refractivity contribution >= 4 is 15.9 Å². The van der Waals surface area contributed by atoms with E-state index in [-0.39, 0.29) is 0 Å². The van der Waals surface area contributed by atoms with Crippen LogP contribution in [0.5, 0.6) is 11.5 Å². The van der Waals surface area contributed by atoms with Gasteiger partial charge in [-0.05, 0) is 71.9 Å². The molecule has 1 aromatic rings. The zero-order valence-electron chi connectivity index (χ0n) is 11.0. The molecule has 0 atom stereocenters. The van der Waals surface area contributed by atoms with E-state index in [1.165, 1.54) is 18.4 Å². The molecule has 0 saturated carbocycles. The summed E-state index contributed by atoms with van der Waals surface area (Å²) in [6, 6.07) is 4.23. The molecule has 1 heterocycles. The summed E-state index contributed by atoms with van der Waals surface area (Å²) >= 11 is 3.55. The fourth-order valence-corrected chi connectivity index (χ4v) is 3.16. The molecular formula is C14H20BrNO2. The average Bonchev–Trinajstić information content (AvgIpc) is 2.39. The lowest BCUT2D eigenvalue weighted by molar-refractivity contribution is 0.350. The van der Waals surface area contributed by atoms with Crippen molar-refractivity contribution in [1.82, 2.24) is 5.32 Å². The number of hydrogen-bond acceptors (Lipinski definition) is 3. The summed E-state index contributed by atoms with van der Waals surface area (Å²) in [7, 11) is 3.34. The molecule has 1 aliphatic rings. The van der Waals surface area contributed by atoms with Crippen molar-refractivity contribution in [3.8, 4) is 11.5 Å². The summed E-state index contributed by atoms with van der Waals surface area (Å²) in [4.78, 5) is 0. The van der Waals surface area contributed by atoms with Gasteiger partial charge < -0.3 is 14.8 Å². The lowest BCUT2D eigenvalue weighted by atomic mass is 9.91. The van der Waals surface area contributed by atoms with Crippen LogP contribution in [0, 0.1) is 5.92 Å². The maximum Gasteiger partial charge on any atom is 0.174 e. The van der Waals surface area contributed by atoms with Crippen LogP contribution >= 0.6 is 15.9 Å². The lowest BCUT2D eigenvalue weighted by Crippen LogP contribution is -2.28. The van der Waals surface area contributed by atoms with Crippen molar-refractivity contribution in [2.45, 2.75) is 19.3 Å². The molecule has 0 bridgehead atoms. The van der Waals surface area contributed by atoms with Crippen LogP contribution in [-0.4, -0.2) is 27.3 Å². The van der Waals surface area contributed by atoms with Gasteiger partial charge in [-0.2, -0.15) is 0 Å². The molecule has 0 aromatic heterocycles. The lowest BCUT2D eigenvalue weighted by Gasteiger charge is -2.23. The van der Waals surface area contributed by atoms with E-state index in [0.29, 0.717) is 0 Å². The maximum atomic E-state index is 5.38. The highest BCUT2D eigenvalue weighted by Crippen LogP contribution is 2.37.